The molecule has 0 fully saturated rings. The third-order valence-corrected chi connectivity index (χ3v) is 4.62. The van der Waals surface area contributed by atoms with E-state index in [-0.39, 0.29) is 25.4 Å². The average molecular weight is 471 g/mol. The topological polar surface area (TPSA) is 55.8 Å². The number of carboxylic acids is 1. The van der Waals surface area contributed by atoms with Gasteiger partial charge in [-0.15, -0.1) is 5.92 Å². The third kappa shape index (κ3) is 8.31. The summed E-state index contributed by atoms with van der Waals surface area (Å²) in [6.45, 7) is 1.68. The Morgan fingerprint density at radius 2 is 1.48 bits per heavy atom. The minimum Gasteiger partial charge on any atom is -0.491 e. The summed E-state index contributed by atoms with van der Waals surface area (Å²) in [5.74, 6) is 5.03. The largest absolute Gasteiger partial charge is 0.491 e. The van der Waals surface area contributed by atoms with Crippen molar-refractivity contribution in [3.63, 3.8) is 0 Å². The average Bonchev–Trinajstić information content (AvgIpc) is 2.70. The van der Waals surface area contributed by atoms with Crippen LogP contribution in [0.5, 0.6) is 11.5 Å². The molecule has 1 unspecified atom stereocenters. The molecule has 0 aliphatic carbocycles. The maximum absolute atomic E-state index is 12.6. The van der Waals surface area contributed by atoms with Crippen LogP contribution in [0.1, 0.15) is 30.4 Å². The van der Waals surface area contributed by atoms with Gasteiger partial charge >= 0.3 is 12.1 Å². The molecule has 31 heavy (non-hydrogen) atoms. The third-order valence-electron chi connectivity index (χ3n) is 4.10. The number of aliphatic carboxylic acids is 1. The van der Waals surface area contributed by atoms with E-state index in [2.05, 4.69) is 37.1 Å². The van der Waals surface area contributed by atoms with E-state index in [1.807, 2.05) is 0 Å². The van der Waals surface area contributed by atoms with Gasteiger partial charge in [-0.1, -0.05) is 18.1 Å². The Labute approximate surface area is 189 Å². The molecule has 0 aliphatic rings. The van der Waals surface area contributed by atoms with Crippen LogP contribution in [0.4, 0.5) is 13.2 Å². The number of alkyl halides is 3. The van der Waals surface area contributed by atoms with Gasteiger partial charge in [0.2, 0.25) is 0 Å². The molecule has 1 atom stereocenters. The maximum atomic E-state index is 12.6. The van der Waals surface area contributed by atoms with Crippen LogP contribution >= 0.6 is 25.3 Å². The second kappa shape index (κ2) is 10.7. The number of benzene rings is 2. The summed E-state index contributed by atoms with van der Waals surface area (Å²) in [6.07, 6.45) is -4.51. The predicted octanol–water partition coefficient (Wildman–Crippen LogP) is 5.30. The molecule has 9 heteroatoms. The van der Waals surface area contributed by atoms with Crippen LogP contribution < -0.4 is 9.47 Å². The molecule has 0 bridgehead atoms. The molecule has 0 saturated carbocycles. The highest BCUT2D eigenvalue weighted by atomic mass is 32.2. The Morgan fingerprint density at radius 1 is 1.00 bits per heavy atom. The van der Waals surface area contributed by atoms with Crippen LogP contribution in [-0.4, -0.2) is 28.4 Å². The number of hydrogen-bond acceptors (Lipinski definition) is 5. The summed E-state index contributed by atoms with van der Waals surface area (Å²) in [5.41, 5.74) is 0.00268. The molecule has 0 aliphatic heterocycles. The first-order valence-corrected chi connectivity index (χ1v) is 10.0. The fourth-order valence-electron chi connectivity index (χ4n) is 2.58. The fraction of sp³-hybridized carbons (Fsp3) is 0.318. The second-order valence-corrected chi connectivity index (χ2v) is 8.76. The summed E-state index contributed by atoms with van der Waals surface area (Å²) >= 11 is 8.76. The van der Waals surface area contributed by atoms with Crippen molar-refractivity contribution < 1.29 is 32.5 Å². The number of thiol groups is 2. The van der Waals surface area contributed by atoms with E-state index in [1.54, 1.807) is 31.2 Å². The molecule has 2 aromatic carbocycles. The summed E-state index contributed by atoms with van der Waals surface area (Å²) in [5, 5.41) is 9.01. The van der Waals surface area contributed by atoms with Crippen molar-refractivity contribution in [1.82, 2.24) is 0 Å². The number of ether oxygens (including phenoxy) is 2. The van der Waals surface area contributed by atoms with E-state index in [0.717, 1.165) is 17.7 Å². The molecule has 2 rings (SSSR count). The van der Waals surface area contributed by atoms with Crippen LogP contribution in [0.15, 0.2) is 48.5 Å². The normalized spacial score (nSPS) is 12.5. The van der Waals surface area contributed by atoms with E-state index in [1.165, 1.54) is 12.1 Å². The minimum absolute atomic E-state index is 0.0184. The molecular formula is C22H21F3O4S2. The van der Waals surface area contributed by atoms with Gasteiger partial charge in [0.25, 0.3) is 0 Å². The Bertz CT molecular complexity index is 930. The van der Waals surface area contributed by atoms with Gasteiger partial charge in [0.05, 0.1) is 17.9 Å². The summed E-state index contributed by atoms with van der Waals surface area (Å²) in [4.78, 5) is 11.0. The molecule has 0 aromatic heterocycles. The molecule has 0 heterocycles. The highest BCUT2D eigenvalue weighted by molar-refractivity contribution is 8.00. The second-order valence-electron chi connectivity index (χ2n) is 6.70. The summed E-state index contributed by atoms with van der Waals surface area (Å²) in [6, 6.07) is 11.2. The van der Waals surface area contributed by atoms with Gasteiger partial charge in [-0.3, -0.25) is 4.79 Å². The van der Waals surface area contributed by atoms with Crippen LogP contribution in [0.3, 0.4) is 0 Å². The first-order chi connectivity index (χ1) is 14.5. The molecule has 0 amide bonds. The Morgan fingerprint density at radius 3 is 1.90 bits per heavy atom. The first-order valence-electron chi connectivity index (χ1n) is 9.12. The quantitative estimate of drug-likeness (QED) is 0.265. The van der Waals surface area contributed by atoms with Crippen molar-refractivity contribution in [2.75, 3.05) is 13.2 Å². The zero-order chi connectivity index (χ0) is 23.1. The number of carbonyl (C=O) groups is 1. The van der Waals surface area contributed by atoms with Crippen LogP contribution in [0, 0.1) is 11.8 Å². The van der Waals surface area contributed by atoms with Gasteiger partial charge in [-0.2, -0.15) is 38.4 Å². The van der Waals surface area contributed by atoms with Crippen molar-refractivity contribution in [1.29, 1.82) is 0 Å². The SMILES string of the molecule is CC#CC(CC(=O)O)c1ccc(OCC(S)(S)COc2ccc(C(F)(F)F)cc2)cc1. The smallest absolute Gasteiger partial charge is 0.416 e. The monoisotopic (exact) mass is 470 g/mol. The fourth-order valence-corrected chi connectivity index (χ4v) is 2.84. The summed E-state index contributed by atoms with van der Waals surface area (Å²) in [7, 11) is 0. The lowest BCUT2D eigenvalue weighted by Crippen LogP contribution is -2.30. The number of hydrogen-bond donors (Lipinski definition) is 3. The van der Waals surface area contributed by atoms with Crippen LogP contribution in [-0.2, 0) is 11.0 Å². The van der Waals surface area contributed by atoms with Gasteiger partial charge in [-0.05, 0) is 48.9 Å². The van der Waals surface area contributed by atoms with E-state index in [9.17, 15) is 18.0 Å². The number of carboxylic acid groups (broad SMARTS) is 1. The molecule has 0 radical (unpaired) electrons. The van der Waals surface area contributed by atoms with Gasteiger partial charge < -0.3 is 14.6 Å². The zero-order valence-corrected chi connectivity index (χ0v) is 18.3. The van der Waals surface area contributed by atoms with E-state index in [0.29, 0.717) is 5.75 Å². The highest BCUT2D eigenvalue weighted by Gasteiger charge is 2.30. The van der Waals surface area contributed by atoms with Gasteiger partial charge in [0, 0.05) is 0 Å². The van der Waals surface area contributed by atoms with Crippen molar-refractivity contribution in [2.45, 2.75) is 29.5 Å². The molecule has 1 N–H and O–H groups in total. The van der Waals surface area contributed by atoms with E-state index < -0.39 is 27.7 Å². The highest BCUT2D eigenvalue weighted by Crippen LogP contribution is 2.31. The van der Waals surface area contributed by atoms with Gasteiger partial charge in [-0.25, -0.2) is 0 Å². The minimum atomic E-state index is -4.41. The lowest BCUT2D eigenvalue weighted by atomic mass is 9.96. The van der Waals surface area contributed by atoms with E-state index in [4.69, 9.17) is 14.6 Å². The van der Waals surface area contributed by atoms with Crippen LogP contribution in [0.2, 0.25) is 0 Å². The molecule has 0 saturated heterocycles. The van der Waals surface area contributed by atoms with Gasteiger partial charge in [0.15, 0.2) is 0 Å². The first kappa shape index (κ1) is 24.8. The standard InChI is InChI=1S/C22H21F3O4S2/c1-2-3-16(12-20(26)27)15-4-8-18(9-5-15)28-13-21(30,31)14-29-19-10-6-17(7-11-19)22(23,24)25/h4-11,16,30-31H,12-14H2,1H3,(H,26,27). The maximum Gasteiger partial charge on any atom is 0.416 e. The number of halogens is 3. The Kier molecular flexibility index (Phi) is 8.60. The molecule has 4 nitrogen and oxygen atoms in total. The van der Waals surface area contributed by atoms with Crippen molar-refractivity contribution in [2.24, 2.45) is 0 Å². The summed E-state index contributed by atoms with van der Waals surface area (Å²) < 4.78 is 47.9. The van der Waals surface area contributed by atoms with Crippen molar-refractivity contribution >= 4 is 31.2 Å². The molecule has 0 spiro atoms. The van der Waals surface area contributed by atoms with E-state index >= 15 is 0 Å². The zero-order valence-electron chi connectivity index (χ0n) is 16.5. The Balaban J connectivity index is 1.90. The van der Waals surface area contributed by atoms with Crippen LogP contribution in [0.25, 0.3) is 0 Å². The Hall–Kier alpha value is -2.44. The van der Waals surface area contributed by atoms with Crippen molar-refractivity contribution in [3.8, 4) is 23.3 Å². The number of rotatable bonds is 9. The predicted molar refractivity (Wildman–Crippen MR) is 118 cm³/mol. The van der Waals surface area contributed by atoms with Gasteiger partial charge in [0.1, 0.15) is 28.8 Å². The lowest BCUT2D eigenvalue weighted by molar-refractivity contribution is -0.138. The lowest BCUT2D eigenvalue weighted by Gasteiger charge is -2.23. The van der Waals surface area contributed by atoms with Crippen molar-refractivity contribution in [3.05, 3.63) is 59.7 Å². The molecule has 166 valence electrons. The molecular weight excluding hydrogens is 449 g/mol. The molecule has 2 aromatic rings.